The molecule has 9 heavy (non-hydrogen) atoms. The van der Waals surface area contributed by atoms with Crippen LogP contribution in [0.5, 0.6) is 0 Å². The number of carboxylic acids is 1. The summed E-state index contributed by atoms with van der Waals surface area (Å²) in [6.07, 6.45) is 0. The summed E-state index contributed by atoms with van der Waals surface area (Å²) in [5, 5.41) is 8.13. The molecule has 0 aliphatic rings. The SMILES string of the molecule is C[Si](C)(C)C#C[13C](=O)O. The Morgan fingerprint density at radius 1 is 1.44 bits per heavy atom. The normalized spacial score (nSPS) is 9.67. The van der Waals surface area contributed by atoms with Crippen molar-refractivity contribution in [1.82, 2.24) is 0 Å². The standard InChI is InChI=1S/C6H10O2Si/c1-9(2,3)5-4-6(7)8/h1-3H3,(H,7,8)/i6+1. The van der Waals surface area contributed by atoms with Crippen LogP contribution in [0.25, 0.3) is 0 Å². The van der Waals surface area contributed by atoms with Crippen molar-refractivity contribution in [3.63, 3.8) is 0 Å². The molecule has 0 spiro atoms. The van der Waals surface area contributed by atoms with Crippen molar-refractivity contribution in [2.75, 3.05) is 0 Å². The maximum atomic E-state index is 9.89. The van der Waals surface area contributed by atoms with E-state index in [1.54, 1.807) is 0 Å². The predicted octanol–water partition coefficient (Wildman–Crippen LogP) is 0.952. The fourth-order valence-corrected chi connectivity index (χ4v) is 0.723. The summed E-state index contributed by atoms with van der Waals surface area (Å²) < 4.78 is 0. The van der Waals surface area contributed by atoms with Crippen molar-refractivity contribution < 1.29 is 9.90 Å². The maximum absolute atomic E-state index is 9.89. The lowest BCUT2D eigenvalue weighted by Gasteiger charge is -2.01. The average Bonchev–Trinajstić information content (AvgIpc) is 1.59. The molecule has 0 aromatic rings. The molecule has 0 radical (unpaired) electrons. The molecule has 2 nitrogen and oxygen atoms in total. The zero-order valence-corrected chi connectivity index (χ0v) is 6.86. The lowest BCUT2D eigenvalue weighted by atomic mass is 11.0. The van der Waals surface area contributed by atoms with Gasteiger partial charge in [-0.2, -0.15) is 0 Å². The minimum absolute atomic E-state index is 1.03. The molecule has 0 atom stereocenters. The van der Waals surface area contributed by atoms with Gasteiger partial charge in [0.25, 0.3) is 0 Å². The molecule has 0 amide bonds. The Hall–Kier alpha value is -0.753. The molecule has 0 aliphatic heterocycles. The molecular formula is C6H10O2Si. The highest BCUT2D eigenvalue weighted by molar-refractivity contribution is 6.84. The van der Waals surface area contributed by atoms with Crippen LogP contribution in [0.2, 0.25) is 19.6 Å². The van der Waals surface area contributed by atoms with Gasteiger partial charge in [0, 0.05) is 5.92 Å². The van der Waals surface area contributed by atoms with Gasteiger partial charge < -0.3 is 5.11 Å². The highest BCUT2D eigenvalue weighted by Gasteiger charge is 2.07. The second kappa shape index (κ2) is 2.69. The summed E-state index contributed by atoms with van der Waals surface area (Å²) >= 11 is 0. The molecule has 0 fully saturated rings. The minimum atomic E-state index is -1.46. The van der Waals surface area contributed by atoms with Crippen LogP contribution in [-0.2, 0) is 4.79 Å². The molecule has 0 rings (SSSR count). The highest BCUT2D eigenvalue weighted by atomic mass is 28.3. The molecule has 0 saturated carbocycles. The lowest BCUT2D eigenvalue weighted by Crippen LogP contribution is -2.16. The van der Waals surface area contributed by atoms with E-state index < -0.39 is 14.0 Å². The largest absolute Gasteiger partial charge is 0.472 e. The van der Waals surface area contributed by atoms with Gasteiger partial charge in [-0.25, -0.2) is 4.79 Å². The zero-order valence-electron chi connectivity index (χ0n) is 5.86. The van der Waals surface area contributed by atoms with E-state index in [0.29, 0.717) is 0 Å². The first kappa shape index (κ1) is 8.25. The number of hydrogen-bond acceptors (Lipinski definition) is 1. The van der Waals surface area contributed by atoms with Crippen molar-refractivity contribution in [2.45, 2.75) is 19.6 Å². The van der Waals surface area contributed by atoms with Gasteiger partial charge in [-0.3, -0.25) is 0 Å². The molecular weight excluding hydrogens is 133 g/mol. The van der Waals surface area contributed by atoms with Crippen LogP contribution in [0.3, 0.4) is 0 Å². The smallest absolute Gasteiger partial charge is 0.381 e. The molecule has 3 heteroatoms. The Balaban J connectivity index is 4.04. The summed E-state index contributed by atoms with van der Waals surface area (Å²) in [4.78, 5) is 9.89. The van der Waals surface area contributed by atoms with E-state index in [9.17, 15) is 4.79 Å². The second-order valence-electron chi connectivity index (χ2n) is 2.81. The third-order valence-electron chi connectivity index (χ3n) is 0.544. The van der Waals surface area contributed by atoms with Crippen LogP contribution in [0.1, 0.15) is 0 Å². The van der Waals surface area contributed by atoms with E-state index in [1.165, 1.54) is 0 Å². The fraction of sp³-hybridized carbons (Fsp3) is 0.500. The van der Waals surface area contributed by atoms with Gasteiger partial charge in [0.2, 0.25) is 0 Å². The van der Waals surface area contributed by atoms with E-state index in [-0.39, 0.29) is 0 Å². The zero-order chi connectivity index (χ0) is 7.49. The van der Waals surface area contributed by atoms with E-state index in [1.807, 2.05) is 19.6 Å². The lowest BCUT2D eigenvalue weighted by molar-refractivity contribution is -0.130. The Morgan fingerprint density at radius 3 is 2.00 bits per heavy atom. The van der Waals surface area contributed by atoms with Crippen molar-refractivity contribution in [1.29, 1.82) is 0 Å². The molecule has 50 valence electrons. The quantitative estimate of drug-likeness (QED) is 0.311. The Kier molecular flexibility index (Phi) is 2.47. The van der Waals surface area contributed by atoms with Gasteiger partial charge in [0.1, 0.15) is 8.07 Å². The molecule has 0 saturated heterocycles. The first-order valence-corrected chi connectivity index (χ1v) is 6.18. The van der Waals surface area contributed by atoms with E-state index in [4.69, 9.17) is 5.11 Å². The van der Waals surface area contributed by atoms with Gasteiger partial charge in [0.15, 0.2) is 0 Å². The van der Waals surface area contributed by atoms with Gasteiger partial charge in [-0.15, -0.1) is 5.54 Å². The second-order valence-corrected chi connectivity index (χ2v) is 7.56. The molecule has 0 aromatic heterocycles. The Morgan fingerprint density at radius 2 is 1.89 bits per heavy atom. The fourth-order valence-electron chi connectivity index (χ4n) is 0.241. The molecule has 0 aromatic carbocycles. The Bertz CT molecular complexity index is 168. The van der Waals surface area contributed by atoms with Crippen molar-refractivity contribution in [3.8, 4) is 11.5 Å². The number of carboxylic acid groups (broad SMARTS) is 1. The third-order valence-corrected chi connectivity index (χ3v) is 1.42. The minimum Gasteiger partial charge on any atom is -0.472 e. The van der Waals surface area contributed by atoms with Crippen LogP contribution in [0.4, 0.5) is 0 Å². The van der Waals surface area contributed by atoms with Gasteiger partial charge in [-0.1, -0.05) is 19.6 Å². The molecule has 0 aliphatic carbocycles. The van der Waals surface area contributed by atoms with Gasteiger partial charge >= 0.3 is 5.97 Å². The topological polar surface area (TPSA) is 37.3 Å². The predicted molar refractivity (Wildman–Crippen MR) is 38.8 cm³/mol. The van der Waals surface area contributed by atoms with E-state index in [2.05, 4.69) is 11.5 Å². The van der Waals surface area contributed by atoms with Gasteiger partial charge in [-0.05, 0) is 0 Å². The van der Waals surface area contributed by atoms with Crippen LogP contribution in [-0.4, -0.2) is 19.1 Å². The van der Waals surface area contributed by atoms with Crippen LogP contribution in [0.15, 0.2) is 0 Å². The first-order chi connectivity index (χ1) is 3.92. The van der Waals surface area contributed by atoms with Crippen molar-refractivity contribution in [3.05, 3.63) is 0 Å². The van der Waals surface area contributed by atoms with Crippen molar-refractivity contribution >= 4 is 14.0 Å². The van der Waals surface area contributed by atoms with Crippen LogP contribution < -0.4 is 0 Å². The number of rotatable bonds is 0. The molecule has 0 bridgehead atoms. The highest BCUT2D eigenvalue weighted by Crippen LogP contribution is 1.95. The summed E-state index contributed by atoms with van der Waals surface area (Å²) in [6.45, 7) is 6.01. The van der Waals surface area contributed by atoms with Crippen molar-refractivity contribution in [2.24, 2.45) is 0 Å². The number of carbonyl (C=O) groups is 1. The van der Waals surface area contributed by atoms with Gasteiger partial charge in [0.05, 0.1) is 0 Å². The summed E-state index contributed by atoms with van der Waals surface area (Å²) in [5.41, 5.74) is 2.71. The summed E-state index contributed by atoms with van der Waals surface area (Å²) in [5.74, 6) is 1.08. The summed E-state index contributed by atoms with van der Waals surface area (Å²) in [6, 6.07) is 0. The van der Waals surface area contributed by atoms with Crippen LogP contribution >= 0.6 is 0 Å². The number of hydrogen-bond donors (Lipinski definition) is 1. The Labute approximate surface area is 55.9 Å². The summed E-state index contributed by atoms with van der Waals surface area (Å²) in [7, 11) is -1.46. The molecule has 0 heterocycles. The van der Waals surface area contributed by atoms with E-state index in [0.717, 1.165) is 0 Å². The number of aliphatic carboxylic acids is 1. The van der Waals surface area contributed by atoms with E-state index >= 15 is 0 Å². The van der Waals surface area contributed by atoms with Crippen LogP contribution in [0, 0.1) is 11.5 Å². The monoisotopic (exact) mass is 143 g/mol. The first-order valence-electron chi connectivity index (χ1n) is 2.68. The molecule has 1 N–H and O–H groups in total. The average molecular weight is 143 g/mol. The third kappa shape index (κ3) is 7.25. The molecule has 0 unspecified atom stereocenters. The maximum Gasteiger partial charge on any atom is 0.381 e.